The first-order valence-electron chi connectivity index (χ1n) is 4.30. The molecule has 0 radical (unpaired) electrons. The van der Waals surface area contributed by atoms with Gasteiger partial charge in [0.15, 0.2) is 0 Å². The molecule has 1 unspecified atom stereocenters. The summed E-state index contributed by atoms with van der Waals surface area (Å²) in [7, 11) is 0. The smallest absolute Gasteiger partial charge is 0.236 e. The maximum Gasteiger partial charge on any atom is 0.236 e. The first-order valence-corrected chi connectivity index (χ1v) is 4.30. The maximum absolute atomic E-state index is 11.1. The molecule has 1 aromatic rings. The lowest BCUT2D eigenvalue weighted by Gasteiger charge is -2.03. The molecule has 0 saturated carbocycles. The van der Waals surface area contributed by atoms with Crippen molar-refractivity contribution in [2.75, 3.05) is 0 Å². The van der Waals surface area contributed by atoms with Gasteiger partial charge in [0.2, 0.25) is 5.91 Å². The Morgan fingerprint density at radius 3 is 2.73 bits per heavy atom. The number of hydrogen-bond acceptors (Lipinski definition) is 2. The molecule has 0 N–H and O–H groups in total. The monoisotopic (exact) mass is 200 g/mol. The molecular weight excluding hydrogens is 192 g/mol. The van der Waals surface area contributed by atoms with Crippen LogP contribution >= 0.6 is 0 Å². The zero-order chi connectivity index (χ0) is 11.1. The van der Waals surface area contributed by atoms with Crippen LogP contribution in [0.25, 0.3) is 10.4 Å². The Bertz CT molecular complexity index is 428. The fourth-order valence-corrected chi connectivity index (χ4v) is 1.15. The van der Waals surface area contributed by atoms with Crippen molar-refractivity contribution in [3.63, 3.8) is 0 Å². The molecule has 5 heteroatoms. The van der Waals surface area contributed by atoms with Gasteiger partial charge in [0.25, 0.3) is 0 Å². The van der Waals surface area contributed by atoms with E-state index in [2.05, 4.69) is 10.0 Å². The number of nitriles is 1. The Hall–Kier alpha value is -2.31. The van der Waals surface area contributed by atoms with Crippen LogP contribution in [0.1, 0.15) is 5.56 Å². The Labute approximate surface area is 86.6 Å². The first kappa shape index (κ1) is 10.8. The Kier molecular flexibility index (Phi) is 3.90. The van der Waals surface area contributed by atoms with Gasteiger partial charge in [-0.1, -0.05) is 30.3 Å². The highest BCUT2D eigenvalue weighted by atomic mass is 16.1. The van der Waals surface area contributed by atoms with Gasteiger partial charge in [0.05, 0.1) is 6.07 Å². The van der Waals surface area contributed by atoms with Gasteiger partial charge in [0, 0.05) is 4.91 Å². The van der Waals surface area contributed by atoms with Crippen molar-refractivity contribution >= 4 is 5.91 Å². The standard InChI is InChI=1S/C10H8N4O/c11-7-9(10(15)13-14-12)6-8-4-2-1-3-5-8/h1-5,9H,6H2. The van der Waals surface area contributed by atoms with Crippen LogP contribution in [0, 0.1) is 17.2 Å². The highest BCUT2D eigenvalue weighted by molar-refractivity contribution is 5.82. The second-order valence-electron chi connectivity index (χ2n) is 2.90. The van der Waals surface area contributed by atoms with E-state index in [9.17, 15) is 4.79 Å². The summed E-state index contributed by atoms with van der Waals surface area (Å²) in [5.41, 5.74) is 8.94. The molecule has 1 amide bonds. The highest BCUT2D eigenvalue weighted by Crippen LogP contribution is 2.09. The lowest BCUT2D eigenvalue weighted by atomic mass is 10.0. The van der Waals surface area contributed by atoms with Crippen LogP contribution in [-0.4, -0.2) is 5.91 Å². The lowest BCUT2D eigenvalue weighted by Crippen LogP contribution is -2.12. The first-order chi connectivity index (χ1) is 7.27. The Morgan fingerprint density at radius 2 is 2.20 bits per heavy atom. The van der Waals surface area contributed by atoms with Gasteiger partial charge in [-0.15, -0.1) is 0 Å². The number of carbonyl (C=O) groups is 1. The summed E-state index contributed by atoms with van der Waals surface area (Å²) in [6, 6.07) is 10.9. The molecule has 0 aliphatic carbocycles. The third-order valence-electron chi connectivity index (χ3n) is 1.88. The minimum Gasteiger partial charge on any atom is -0.291 e. The molecule has 1 atom stereocenters. The lowest BCUT2D eigenvalue weighted by molar-refractivity contribution is -0.120. The number of hydrogen-bond donors (Lipinski definition) is 0. The summed E-state index contributed by atoms with van der Waals surface area (Å²) in [6.45, 7) is 0. The minimum atomic E-state index is -0.900. The summed E-state index contributed by atoms with van der Waals surface area (Å²) in [4.78, 5) is 13.5. The van der Waals surface area contributed by atoms with Crippen molar-refractivity contribution in [1.82, 2.24) is 0 Å². The van der Waals surface area contributed by atoms with Gasteiger partial charge >= 0.3 is 0 Å². The van der Waals surface area contributed by atoms with Gasteiger partial charge in [-0.05, 0) is 22.6 Å². The van der Waals surface area contributed by atoms with Crippen molar-refractivity contribution in [3.8, 4) is 6.07 Å². The fraction of sp³-hybridized carbons (Fsp3) is 0.200. The molecule has 0 saturated heterocycles. The van der Waals surface area contributed by atoms with Gasteiger partial charge < -0.3 is 0 Å². The zero-order valence-electron chi connectivity index (χ0n) is 7.87. The molecule has 0 aliphatic heterocycles. The third-order valence-corrected chi connectivity index (χ3v) is 1.88. The summed E-state index contributed by atoms with van der Waals surface area (Å²) in [5, 5.41) is 11.6. The van der Waals surface area contributed by atoms with Crippen molar-refractivity contribution < 1.29 is 4.79 Å². The molecule has 0 bridgehead atoms. The fourth-order valence-electron chi connectivity index (χ4n) is 1.15. The number of carbonyl (C=O) groups excluding carboxylic acids is 1. The minimum absolute atomic E-state index is 0.273. The van der Waals surface area contributed by atoms with E-state index in [1.807, 2.05) is 36.4 Å². The number of rotatable bonds is 3. The predicted octanol–water partition coefficient (Wildman–Crippen LogP) is 2.21. The van der Waals surface area contributed by atoms with Crippen LogP contribution in [0.2, 0.25) is 0 Å². The molecular formula is C10H8N4O. The van der Waals surface area contributed by atoms with E-state index in [1.54, 1.807) is 0 Å². The van der Waals surface area contributed by atoms with Crippen LogP contribution in [0.4, 0.5) is 0 Å². The number of amides is 1. The van der Waals surface area contributed by atoms with Gasteiger partial charge in [-0.2, -0.15) is 5.26 Å². The average Bonchev–Trinajstić information content (AvgIpc) is 2.27. The van der Waals surface area contributed by atoms with E-state index in [0.29, 0.717) is 0 Å². The number of benzene rings is 1. The molecule has 0 spiro atoms. The van der Waals surface area contributed by atoms with E-state index in [-0.39, 0.29) is 6.42 Å². The van der Waals surface area contributed by atoms with E-state index < -0.39 is 11.8 Å². The SMILES string of the molecule is N#CC(Cc1ccccc1)C(=O)N=[N+]=[N-]. The second-order valence-corrected chi connectivity index (χ2v) is 2.90. The topological polar surface area (TPSA) is 89.6 Å². The molecule has 1 rings (SSSR count). The molecule has 74 valence electrons. The van der Waals surface area contributed by atoms with E-state index in [1.165, 1.54) is 0 Å². The zero-order valence-corrected chi connectivity index (χ0v) is 7.87. The van der Waals surface area contributed by atoms with Crippen LogP contribution in [0.15, 0.2) is 35.4 Å². The molecule has 1 aromatic carbocycles. The summed E-state index contributed by atoms with van der Waals surface area (Å²) >= 11 is 0. The predicted molar refractivity (Wildman–Crippen MR) is 53.4 cm³/mol. The van der Waals surface area contributed by atoms with Crippen LogP contribution in [0.5, 0.6) is 0 Å². The Balaban J connectivity index is 2.75. The quantitative estimate of drug-likeness (QED) is 0.425. The molecule has 5 nitrogen and oxygen atoms in total. The van der Waals surface area contributed by atoms with Crippen molar-refractivity contribution in [1.29, 1.82) is 5.26 Å². The van der Waals surface area contributed by atoms with E-state index >= 15 is 0 Å². The van der Waals surface area contributed by atoms with Gasteiger partial charge in [-0.3, -0.25) is 4.79 Å². The summed E-state index contributed by atoms with van der Waals surface area (Å²) in [6.07, 6.45) is 0.273. The highest BCUT2D eigenvalue weighted by Gasteiger charge is 2.16. The van der Waals surface area contributed by atoms with Crippen molar-refractivity contribution in [3.05, 3.63) is 46.3 Å². The van der Waals surface area contributed by atoms with E-state index in [4.69, 9.17) is 10.8 Å². The van der Waals surface area contributed by atoms with Crippen LogP contribution in [-0.2, 0) is 11.2 Å². The Morgan fingerprint density at radius 1 is 1.53 bits per heavy atom. The summed E-state index contributed by atoms with van der Waals surface area (Å²) < 4.78 is 0. The van der Waals surface area contributed by atoms with Gasteiger partial charge in [0.1, 0.15) is 5.92 Å². The molecule has 0 fully saturated rings. The number of azide groups is 1. The molecule has 0 aliphatic rings. The molecule has 0 heterocycles. The van der Waals surface area contributed by atoms with Crippen LogP contribution in [0.3, 0.4) is 0 Å². The molecule has 0 aromatic heterocycles. The maximum atomic E-state index is 11.1. The normalized spacial score (nSPS) is 10.9. The molecule has 15 heavy (non-hydrogen) atoms. The number of nitrogens with zero attached hydrogens (tertiary/aromatic N) is 4. The summed E-state index contributed by atoms with van der Waals surface area (Å²) in [5.74, 6) is -1.63. The second kappa shape index (κ2) is 5.43. The largest absolute Gasteiger partial charge is 0.291 e. The van der Waals surface area contributed by atoms with E-state index in [0.717, 1.165) is 5.56 Å². The average molecular weight is 200 g/mol. The van der Waals surface area contributed by atoms with Gasteiger partial charge in [-0.25, -0.2) is 0 Å². The van der Waals surface area contributed by atoms with Crippen molar-refractivity contribution in [2.45, 2.75) is 6.42 Å². The third kappa shape index (κ3) is 3.14. The van der Waals surface area contributed by atoms with Crippen LogP contribution < -0.4 is 0 Å². The van der Waals surface area contributed by atoms with Crippen molar-refractivity contribution in [2.24, 2.45) is 11.0 Å².